The minimum atomic E-state index is 0.595. The second kappa shape index (κ2) is 4.45. The molecule has 1 fully saturated rings. The molecule has 2 aromatic rings. The minimum absolute atomic E-state index is 0.595. The normalized spacial score (nSPS) is 17.0. The molecule has 0 amide bonds. The number of hydrogen-bond donors (Lipinski definition) is 1. The largest absolute Gasteiger partial charge is 0.330 e. The fourth-order valence-electron chi connectivity index (χ4n) is 2.73. The van der Waals surface area contributed by atoms with Gasteiger partial charge in [0.2, 0.25) is 0 Å². The summed E-state index contributed by atoms with van der Waals surface area (Å²) in [4.78, 5) is 0. The molecule has 0 spiro atoms. The molecular weight excluding hydrogens is 212 g/mol. The van der Waals surface area contributed by atoms with Gasteiger partial charge in [0.25, 0.3) is 0 Å². The number of fused-ring (bicyclic) bond motifs is 1. The number of hydrogen-bond acceptors (Lipinski definition) is 3. The van der Waals surface area contributed by atoms with Crippen molar-refractivity contribution in [3.63, 3.8) is 0 Å². The summed E-state index contributed by atoms with van der Waals surface area (Å²) >= 11 is 0. The van der Waals surface area contributed by atoms with E-state index in [4.69, 9.17) is 5.73 Å². The van der Waals surface area contributed by atoms with E-state index in [0.29, 0.717) is 12.5 Å². The fourth-order valence-corrected chi connectivity index (χ4v) is 2.73. The maximum Gasteiger partial charge on any atom is 0.160 e. The lowest BCUT2D eigenvalue weighted by atomic mass is 10.1. The lowest BCUT2D eigenvalue weighted by Crippen LogP contribution is -2.05. The smallest absolute Gasteiger partial charge is 0.160 e. The quantitative estimate of drug-likeness (QED) is 0.876. The molecule has 0 unspecified atom stereocenters. The Labute approximate surface area is 101 Å². The van der Waals surface area contributed by atoms with E-state index in [1.807, 2.05) is 6.07 Å². The van der Waals surface area contributed by atoms with E-state index in [2.05, 4.69) is 26.9 Å². The Morgan fingerprint density at radius 2 is 2.06 bits per heavy atom. The Morgan fingerprint density at radius 1 is 1.24 bits per heavy atom. The molecule has 2 aromatic heterocycles. The van der Waals surface area contributed by atoms with E-state index in [0.717, 1.165) is 17.9 Å². The number of aromatic nitrogens is 3. The molecule has 0 bridgehead atoms. The van der Waals surface area contributed by atoms with Gasteiger partial charge in [-0.3, -0.25) is 4.40 Å². The highest BCUT2D eigenvalue weighted by Crippen LogP contribution is 2.33. The second-order valence-corrected chi connectivity index (χ2v) is 4.84. The van der Waals surface area contributed by atoms with E-state index in [1.54, 1.807) is 0 Å². The average molecular weight is 230 g/mol. The molecule has 3 rings (SSSR count). The van der Waals surface area contributed by atoms with Gasteiger partial charge in [-0.1, -0.05) is 18.9 Å². The van der Waals surface area contributed by atoms with Crippen molar-refractivity contribution in [1.29, 1.82) is 0 Å². The van der Waals surface area contributed by atoms with Crippen molar-refractivity contribution in [2.45, 2.75) is 38.0 Å². The van der Waals surface area contributed by atoms with Crippen molar-refractivity contribution < 1.29 is 0 Å². The van der Waals surface area contributed by atoms with Crippen LogP contribution >= 0.6 is 0 Å². The second-order valence-electron chi connectivity index (χ2n) is 4.84. The first kappa shape index (κ1) is 10.7. The highest BCUT2D eigenvalue weighted by molar-refractivity contribution is 5.40. The van der Waals surface area contributed by atoms with Gasteiger partial charge in [0.1, 0.15) is 5.82 Å². The fraction of sp³-hybridized carbons (Fsp3) is 0.538. The van der Waals surface area contributed by atoms with Crippen LogP contribution in [-0.4, -0.2) is 21.1 Å². The minimum Gasteiger partial charge on any atom is -0.330 e. The van der Waals surface area contributed by atoms with Gasteiger partial charge in [0.15, 0.2) is 5.65 Å². The van der Waals surface area contributed by atoms with Crippen molar-refractivity contribution in [3.8, 4) is 0 Å². The van der Waals surface area contributed by atoms with E-state index in [-0.39, 0.29) is 0 Å². The van der Waals surface area contributed by atoms with Crippen LogP contribution in [0.15, 0.2) is 18.3 Å². The van der Waals surface area contributed by atoms with Gasteiger partial charge in [-0.15, -0.1) is 10.2 Å². The standard InChI is InChI=1S/C13H18N4/c14-8-7-10-5-6-12-15-16-13(17(12)9-10)11-3-1-2-4-11/h5-6,9,11H,1-4,7-8,14H2. The lowest BCUT2D eigenvalue weighted by molar-refractivity contribution is 0.658. The van der Waals surface area contributed by atoms with Crippen molar-refractivity contribution in [2.75, 3.05) is 6.54 Å². The molecule has 0 atom stereocenters. The van der Waals surface area contributed by atoms with E-state index in [1.165, 1.54) is 31.2 Å². The summed E-state index contributed by atoms with van der Waals surface area (Å²) in [5.74, 6) is 1.73. The van der Waals surface area contributed by atoms with Crippen molar-refractivity contribution in [3.05, 3.63) is 29.7 Å². The molecule has 0 aromatic carbocycles. The highest BCUT2D eigenvalue weighted by atomic mass is 15.2. The predicted molar refractivity (Wildman–Crippen MR) is 67.0 cm³/mol. The maximum atomic E-state index is 5.60. The summed E-state index contributed by atoms with van der Waals surface area (Å²) in [6.45, 7) is 0.687. The van der Waals surface area contributed by atoms with Gasteiger partial charge in [0, 0.05) is 12.1 Å². The van der Waals surface area contributed by atoms with E-state index < -0.39 is 0 Å². The summed E-state index contributed by atoms with van der Waals surface area (Å²) in [6, 6.07) is 4.13. The predicted octanol–water partition coefficient (Wildman–Crippen LogP) is 1.89. The Morgan fingerprint density at radius 3 is 2.82 bits per heavy atom. The van der Waals surface area contributed by atoms with E-state index in [9.17, 15) is 0 Å². The maximum absolute atomic E-state index is 5.60. The molecule has 0 radical (unpaired) electrons. The first-order valence-corrected chi connectivity index (χ1v) is 6.42. The third-order valence-corrected chi connectivity index (χ3v) is 3.64. The van der Waals surface area contributed by atoms with Gasteiger partial charge in [-0.05, 0) is 37.4 Å². The summed E-state index contributed by atoms with van der Waals surface area (Å²) in [5, 5.41) is 8.61. The Hall–Kier alpha value is -1.42. The molecule has 0 aliphatic heterocycles. The van der Waals surface area contributed by atoms with Crippen molar-refractivity contribution >= 4 is 5.65 Å². The van der Waals surface area contributed by atoms with Crippen LogP contribution in [0.2, 0.25) is 0 Å². The molecule has 1 aliphatic carbocycles. The van der Waals surface area contributed by atoms with Crippen LogP contribution in [-0.2, 0) is 6.42 Å². The average Bonchev–Trinajstić information content (AvgIpc) is 2.96. The number of nitrogens with zero attached hydrogens (tertiary/aromatic N) is 3. The van der Waals surface area contributed by atoms with Crippen LogP contribution in [0.1, 0.15) is 43.0 Å². The van der Waals surface area contributed by atoms with Crippen LogP contribution in [0.3, 0.4) is 0 Å². The Balaban J connectivity index is 2.02. The zero-order valence-electron chi connectivity index (χ0n) is 9.97. The van der Waals surface area contributed by atoms with Crippen LogP contribution < -0.4 is 5.73 Å². The van der Waals surface area contributed by atoms with Crippen LogP contribution in [0.25, 0.3) is 5.65 Å². The highest BCUT2D eigenvalue weighted by Gasteiger charge is 2.22. The number of rotatable bonds is 3. The van der Waals surface area contributed by atoms with Gasteiger partial charge in [0.05, 0.1) is 0 Å². The van der Waals surface area contributed by atoms with E-state index >= 15 is 0 Å². The van der Waals surface area contributed by atoms with Gasteiger partial charge in [-0.25, -0.2) is 0 Å². The first-order chi connectivity index (χ1) is 8.38. The topological polar surface area (TPSA) is 56.2 Å². The molecule has 1 aliphatic rings. The molecule has 4 heteroatoms. The third-order valence-electron chi connectivity index (χ3n) is 3.64. The molecule has 4 nitrogen and oxygen atoms in total. The summed E-state index contributed by atoms with van der Waals surface area (Å²) in [7, 11) is 0. The number of nitrogens with two attached hydrogens (primary N) is 1. The van der Waals surface area contributed by atoms with Crippen LogP contribution in [0, 0.1) is 0 Å². The van der Waals surface area contributed by atoms with Crippen molar-refractivity contribution in [2.24, 2.45) is 5.73 Å². The Kier molecular flexibility index (Phi) is 2.81. The SMILES string of the molecule is NCCc1ccc2nnc(C3CCCC3)n2c1. The summed E-state index contributed by atoms with van der Waals surface area (Å²) in [6.07, 6.45) is 8.21. The van der Waals surface area contributed by atoms with Crippen LogP contribution in [0.4, 0.5) is 0 Å². The molecule has 2 heterocycles. The Bertz CT molecular complexity index is 511. The third kappa shape index (κ3) is 1.93. The van der Waals surface area contributed by atoms with Gasteiger partial charge in [-0.2, -0.15) is 0 Å². The monoisotopic (exact) mass is 230 g/mol. The summed E-state index contributed by atoms with van der Waals surface area (Å²) in [5.41, 5.74) is 7.81. The zero-order valence-corrected chi connectivity index (χ0v) is 9.97. The first-order valence-electron chi connectivity index (χ1n) is 6.42. The molecule has 0 saturated heterocycles. The lowest BCUT2D eigenvalue weighted by Gasteiger charge is -2.07. The number of pyridine rings is 1. The zero-order chi connectivity index (χ0) is 11.7. The molecule has 1 saturated carbocycles. The molecule has 17 heavy (non-hydrogen) atoms. The van der Waals surface area contributed by atoms with Crippen molar-refractivity contribution in [1.82, 2.24) is 14.6 Å². The van der Waals surface area contributed by atoms with Gasteiger partial charge >= 0.3 is 0 Å². The van der Waals surface area contributed by atoms with Crippen LogP contribution in [0.5, 0.6) is 0 Å². The van der Waals surface area contributed by atoms with Gasteiger partial charge < -0.3 is 5.73 Å². The summed E-state index contributed by atoms with van der Waals surface area (Å²) < 4.78 is 2.15. The molecular formula is C13H18N4. The molecule has 90 valence electrons. The molecule has 2 N–H and O–H groups in total.